The van der Waals surface area contributed by atoms with E-state index in [1.807, 2.05) is 0 Å². The molecule has 0 atom stereocenters. The highest BCUT2D eigenvalue weighted by atomic mass is 19.1. The summed E-state index contributed by atoms with van der Waals surface area (Å²) in [6.45, 7) is 1.89. The first kappa shape index (κ1) is 19.9. The van der Waals surface area contributed by atoms with Crippen molar-refractivity contribution in [1.82, 2.24) is 10.2 Å². The third-order valence-electron chi connectivity index (χ3n) is 4.00. The van der Waals surface area contributed by atoms with Crippen LogP contribution in [0.3, 0.4) is 0 Å². The Morgan fingerprint density at radius 2 is 1.69 bits per heavy atom. The number of nitrogens with zero attached hydrogens (tertiary/aromatic N) is 2. The zero-order chi connectivity index (χ0) is 20.6. The molecule has 0 bridgehead atoms. The molecule has 3 rings (SSSR count). The first-order valence-electron chi connectivity index (χ1n) is 9.01. The molecular weight excluding hydrogens is 373 g/mol. The highest BCUT2D eigenvalue weighted by Crippen LogP contribution is 2.16. The Morgan fingerprint density at radius 3 is 2.38 bits per heavy atom. The van der Waals surface area contributed by atoms with E-state index in [0.29, 0.717) is 35.7 Å². The second kappa shape index (κ2) is 9.41. The van der Waals surface area contributed by atoms with Gasteiger partial charge in [-0.25, -0.2) is 4.39 Å². The molecule has 0 aliphatic heterocycles. The van der Waals surface area contributed by atoms with E-state index in [9.17, 15) is 14.0 Å². The van der Waals surface area contributed by atoms with Crippen LogP contribution < -0.4 is 16.0 Å². The third-order valence-corrected chi connectivity index (χ3v) is 4.00. The number of halogens is 1. The van der Waals surface area contributed by atoms with Crippen molar-refractivity contribution in [2.45, 2.75) is 13.3 Å². The second-order valence-electron chi connectivity index (χ2n) is 6.29. The number of hydrogen-bond donors (Lipinski definition) is 3. The lowest BCUT2D eigenvalue weighted by atomic mass is 10.1. The largest absolute Gasteiger partial charge is 0.368 e. The highest BCUT2D eigenvalue weighted by Gasteiger charge is 2.09. The van der Waals surface area contributed by atoms with Crippen LogP contribution in [0.15, 0.2) is 60.7 Å². The summed E-state index contributed by atoms with van der Waals surface area (Å²) in [5.41, 5.74) is 1.87. The van der Waals surface area contributed by atoms with Gasteiger partial charge < -0.3 is 16.0 Å². The molecule has 7 nitrogen and oxygen atoms in total. The van der Waals surface area contributed by atoms with Gasteiger partial charge in [-0.05, 0) is 48.4 Å². The van der Waals surface area contributed by atoms with Crippen molar-refractivity contribution < 1.29 is 14.0 Å². The molecule has 8 heteroatoms. The predicted molar refractivity (Wildman–Crippen MR) is 109 cm³/mol. The smallest absolute Gasteiger partial charge is 0.276 e. The molecule has 0 spiro atoms. The molecule has 2 aromatic carbocycles. The minimum Gasteiger partial charge on any atom is -0.368 e. The normalized spacial score (nSPS) is 10.3. The van der Waals surface area contributed by atoms with Crippen molar-refractivity contribution in [3.63, 3.8) is 0 Å². The van der Waals surface area contributed by atoms with E-state index in [1.165, 1.54) is 13.0 Å². The minimum absolute atomic E-state index is 0.148. The van der Waals surface area contributed by atoms with Gasteiger partial charge in [0.2, 0.25) is 5.91 Å². The van der Waals surface area contributed by atoms with Crippen molar-refractivity contribution in [3.05, 3.63) is 77.7 Å². The Labute approximate surface area is 167 Å². The molecule has 0 unspecified atom stereocenters. The van der Waals surface area contributed by atoms with Crippen LogP contribution in [0.4, 0.5) is 21.6 Å². The maximum atomic E-state index is 13.6. The summed E-state index contributed by atoms with van der Waals surface area (Å²) >= 11 is 0. The summed E-state index contributed by atoms with van der Waals surface area (Å²) in [4.78, 5) is 23.5. The number of carbonyl (C=O) groups excluding carboxylic acids is 2. The average Bonchev–Trinajstić information content (AvgIpc) is 2.70. The first-order valence-corrected chi connectivity index (χ1v) is 9.01. The summed E-state index contributed by atoms with van der Waals surface area (Å²) < 4.78 is 13.6. The fraction of sp³-hybridized carbons (Fsp3) is 0.143. The summed E-state index contributed by atoms with van der Waals surface area (Å²) in [5, 5.41) is 16.3. The van der Waals surface area contributed by atoms with Gasteiger partial charge in [0.05, 0.1) is 0 Å². The van der Waals surface area contributed by atoms with Gasteiger partial charge in [0.1, 0.15) is 11.6 Å². The maximum Gasteiger partial charge on any atom is 0.276 e. The van der Waals surface area contributed by atoms with Crippen LogP contribution in [0.5, 0.6) is 0 Å². The van der Waals surface area contributed by atoms with Crippen molar-refractivity contribution in [1.29, 1.82) is 0 Å². The van der Waals surface area contributed by atoms with Crippen LogP contribution in [0.2, 0.25) is 0 Å². The number of hydrogen-bond acceptors (Lipinski definition) is 5. The zero-order valence-corrected chi connectivity index (χ0v) is 15.8. The molecule has 1 aromatic heterocycles. The van der Waals surface area contributed by atoms with Crippen LogP contribution >= 0.6 is 0 Å². The Morgan fingerprint density at radius 1 is 0.931 bits per heavy atom. The number of anilines is 3. The Hall–Kier alpha value is -3.81. The number of carbonyl (C=O) groups is 2. The van der Waals surface area contributed by atoms with Crippen molar-refractivity contribution in [2.24, 2.45) is 0 Å². The molecule has 29 heavy (non-hydrogen) atoms. The van der Waals surface area contributed by atoms with Crippen LogP contribution in [-0.4, -0.2) is 28.6 Å². The molecule has 0 saturated heterocycles. The summed E-state index contributed by atoms with van der Waals surface area (Å²) in [7, 11) is 0. The first-order chi connectivity index (χ1) is 14.0. The van der Waals surface area contributed by atoms with Crippen LogP contribution in [-0.2, 0) is 11.2 Å². The van der Waals surface area contributed by atoms with E-state index in [-0.39, 0.29) is 17.4 Å². The molecule has 0 aliphatic carbocycles. The van der Waals surface area contributed by atoms with E-state index in [2.05, 4.69) is 26.1 Å². The lowest BCUT2D eigenvalue weighted by Gasteiger charge is -2.08. The van der Waals surface area contributed by atoms with E-state index >= 15 is 0 Å². The molecular formula is C21H20FN5O2. The van der Waals surface area contributed by atoms with E-state index < -0.39 is 5.91 Å². The monoisotopic (exact) mass is 393 g/mol. The molecule has 0 saturated carbocycles. The van der Waals surface area contributed by atoms with Gasteiger partial charge in [0, 0.05) is 24.8 Å². The highest BCUT2D eigenvalue weighted by molar-refractivity contribution is 6.03. The number of aromatic nitrogens is 2. The Bertz CT molecular complexity index is 1010. The lowest BCUT2D eigenvalue weighted by molar-refractivity contribution is -0.114. The number of benzene rings is 2. The SMILES string of the molecule is CC(=O)Nc1cccc(NC(=O)c2ccc(NCCc3ccccc3F)nn2)c1. The average molecular weight is 393 g/mol. The van der Waals surface area contributed by atoms with Crippen molar-refractivity contribution in [3.8, 4) is 0 Å². The van der Waals surface area contributed by atoms with Gasteiger partial charge in [-0.15, -0.1) is 10.2 Å². The topological polar surface area (TPSA) is 96.0 Å². The quantitative estimate of drug-likeness (QED) is 0.571. The van der Waals surface area contributed by atoms with Gasteiger partial charge in [0.25, 0.3) is 5.91 Å². The molecule has 2 amide bonds. The van der Waals surface area contributed by atoms with E-state index in [0.717, 1.165) is 0 Å². The van der Waals surface area contributed by atoms with Gasteiger partial charge in [0.15, 0.2) is 5.69 Å². The minimum atomic E-state index is -0.421. The van der Waals surface area contributed by atoms with Gasteiger partial charge in [-0.1, -0.05) is 24.3 Å². The fourth-order valence-electron chi connectivity index (χ4n) is 2.65. The summed E-state index contributed by atoms with van der Waals surface area (Å²) in [6.07, 6.45) is 0.501. The van der Waals surface area contributed by atoms with E-state index in [4.69, 9.17) is 0 Å². The Balaban J connectivity index is 1.55. The van der Waals surface area contributed by atoms with Crippen molar-refractivity contribution >= 4 is 29.0 Å². The summed E-state index contributed by atoms with van der Waals surface area (Å²) in [6, 6.07) is 16.6. The molecule has 0 fully saturated rings. The lowest BCUT2D eigenvalue weighted by Crippen LogP contribution is -2.15. The molecule has 3 N–H and O–H groups in total. The zero-order valence-electron chi connectivity index (χ0n) is 15.8. The predicted octanol–water partition coefficient (Wildman–Crippen LogP) is 3.48. The molecule has 1 heterocycles. The number of nitrogens with one attached hydrogen (secondary N) is 3. The molecule has 0 aliphatic rings. The van der Waals surface area contributed by atoms with Crippen LogP contribution in [0, 0.1) is 5.82 Å². The molecule has 3 aromatic rings. The number of rotatable bonds is 7. The second-order valence-corrected chi connectivity index (χ2v) is 6.29. The number of amides is 2. The summed E-state index contributed by atoms with van der Waals surface area (Å²) in [5.74, 6) is -0.367. The molecule has 148 valence electrons. The Kier molecular flexibility index (Phi) is 6.47. The van der Waals surface area contributed by atoms with Gasteiger partial charge in [-0.3, -0.25) is 9.59 Å². The molecule has 0 radical (unpaired) electrons. The van der Waals surface area contributed by atoms with Gasteiger partial charge >= 0.3 is 0 Å². The van der Waals surface area contributed by atoms with Crippen LogP contribution in [0.1, 0.15) is 23.0 Å². The third kappa shape index (κ3) is 5.83. The van der Waals surface area contributed by atoms with Gasteiger partial charge in [-0.2, -0.15) is 0 Å². The van der Waals surface area contributed by atoms with E-state index in [1.54, 1.807) is 54.6 Å². The fourth-order valence-corrected chi connectivity index (χ4v) is 2.65. The van der Waals surface area contributed by atoms with Crippen molar-refractivity contribution in [2.75, 3.05) is 22.5 Å². The standard InChI is InChI=1S/C21H20FN5O2/c1-14(28)24-16-6-4-7-17(13-16)25-21(29)19-9-10-20(27-26-19)23-12-11-15-5-2-3-8-18(15)22/h2-10,13H,11-12H2,1H3,(H,23,27)(H,24,28)(H,25,29). The van der Waals surface area contributed by atoms with Crippen LogP contribution in [0.25, 0.3) is 0 Å². The maximum absolute atomic E-state index is 13.6.